The Kier molecular flexibility index (Phi) is 6.62. The number of nitrogens with zero attached hydrogens (tertiary/aromatic N) is 1. The molecule has 0 aliphatic carbocycles. The largest absolute Gasteiger partial charge is 0.345 e. The van der Waals surface area contributed by atoms with Crippen LogP contribution in [0.1, 0.15) is 35.3 Å². The minimum atomic E-state index is -4.05. The molecule has 0 aliphatic rings. The summed E-state index contributed by atoms with van der Waals surface area (Å²) in [6.07, 6.45) is 2.19. The molecule has 1 aromatic heterocycles. The number of benzene rings is 3. The van der Waals surface area contributed by atoms with Gasteiger partial charge in [0.05, 0.1) is 27.8 Å². The molecule has 1 heterocycles. The molecule has 0 bridgehead atoms. The molecule has 1 amide bonds. The maximum Gasteiger partial charge on any atom is 0.264 e. The molecule has 0 fully saturated rings. The first-order valence-corrected chi connectivity index (χ1v) is 12.3. The van der Waals surface area contributed by atoms with Gasteiger partial charge >= 0.3 is 0 Å². The van der Waals surface area contributed by atoms with E-state index >= 15 is 0 Å². The third kappa shape index (κ3) is 4.84. The molecule has 4 aromatic rings. The summed E-state index contributed by atoms with van der Waals surface area (Å²) >= 11 is 6.36. The lowest BCUT2D eigenvalue weighted by Gasteiger charge is -2.20. The average Bonchev–Trinajstić information content (AvgIpc) is 2.82. The Hall–Kier alpha value is -3.42. The first-order chi connectivity index (χ1) is 15.9. The third-order valence-corrected chi connectivity index (χ3v) is 7.00. The van der Waals surface area contributed by atoms with Crippen LogP contribution >= 0.6 is 11.6 Å². The van der Waals surface area contributed by atoms with E-state index in [1.54, 1.807) is 36.4 Å². The summed E-state index contributed by atoms with van der Waals surface area (Å²) < 4.78 is 29.1. The van der Waals surface area contributed by atoms with Gasteiger partial charge in [-0.25, -0.2) is 8.42 Å². The van der Waals surface area contributed by atoms with Crippen LogP contribution in [0.2, 0.25) is 5.02 Å². The van der Waals surface area contributed by atoms with Crippen LogP contribution < -0.4 is 10.0 Å². The fraction of sp³-hybridized carbons (Fsp3) is 0.120. The van der Waals surface area contributed by atoms with Crippen LogP contribution in [0.5, 0.6) is 0 Å². The summed E-state index contributed by atoms with van der Waals surface area (Å²) in [5.41, 5.74) is 1.45. The minimum Gasteiger partial charge on any atom is -0.345 e. The molecule has 0 saturated heterocycles. The lowest BCUT2D eigenvalue weighted by molar-refractivity contribution is 0.0936. The van der Waals surface area contributed by atoms with E-state index in [4.69, 9.17) is 11.6 Å². The van der Waals surface area contributed by atoms with Gasteiger partial charge in [-0.2, -0.15) is 0 Å². The monoisotopic (exact) mass is 479 g/mol. The Morgan fingerprint density at radius 3 is 2.45 bits per heavy atom. The van der Waals surface area contributed by atoms with E-state index in [1.807, 2.05) is 37.3 Å². The predicted molar refractivity (Wildman–Crippen MR) is 131 cm³/mol. The highest BCUT2D eigenvalue weighted by Crippen LogP contribution is 2.29. The quantitative estimate of drug-likeness (QED) is 0.362. The standard InChI is InChI=1S/C25H22ClN3O3S/c1-2-20(17-9-4-3-5-10-17)28-25(30)23-19(26)13-7-14-21(23)29-33(31,32)22-15-6-11-18-12-8-16-27-24(18)22/h3-16,20,29H,2H2,1H3,(H,28,30)/t20-/m0/s1. The number of amides is 1. The van der Waals surface area contributed by atoms with Crippen molar-refractivity contribution in [3.8, 4) is 0 Å². The van der Waals surface area contributed by atoms with Crippen molar-refractivity contribution >= 4 is 44.1 Å². The Labute approximate surface area is 197 Å². The number of hydrogen-bond acceptors (Lipinski definition) is 4. The fourth-order valence-corrected chi connectivity index (χ4v) is 5.18. The zero-order chi connectivity index (χ0) is 23.4. The molecule has 6 nitrogen and oxygen atoms in total. The number of rotatable bonds is 7. The number of anilines is 1. The zero-order valence-electron chi connectivity index (χ0n) is 17.8. The predicted octanol–water partition coefficient (Wildman–Crippen LogP) is 5.57. The number of hydrogen-bond donors (Lipinski definition) is 2. The molecule has 4 rings (SSSR count). The highest BCUT2D eigenvalue weighted by Gasteiger charge is 2.24. The van der Waals surface area contributed by atoms with Crippen molar-refractivity contribution in [1.29, 1.82) is 0 Å². The van der Waals surface area contributed by atoms with Gasteiger partial charge in [-0.1, -0.05) is 73.1 Å². The van der Waals surface area contributed by atoms with Crippen molar-refractivity contribution in [2.45, 2.75) is 24.3 Å². The Bertz CT molecular complexity index is 1400. The van der Waals surface area contributed by atoms with Crippen molar-refractivity contribution in [2.75, 3.05) is 4.72 Å². The molecule has 8 heteroatoms. The van der Waals surface area contributed by atoms with Crippen molar-refractivity contribution in [3.63, 3.8) is 0 Å². The normalized spacial score (nSPS) is 12.3. The number of pyridine rings is 1. The topological polar surface area (TPSA) is 88.2 Å². The molecule has 2 N–H and O–H groups in total. The van der Waals surface area contributed by atoms with E-state index in [1.165, 1.54) is 18.3 Å². The summed E-state index contributed by atoms with van der Waals surface area (Å²) in [6, 6.07) is 22.4. The molecule has 3 aromatic carbocycles. The van der Waals surface area contributed by atoms with Crippen LogP contribution in [0.3, 0.4) is 0 Å². The fourth-order valence-electron chi connectivity index (χ4n) is 3.67. The first-order valence-electron chi connectivity index (χ1n) is 10.4. The van der Waals surface area contributed by atoms with Crippen molar-refractivity contribution in [1.82, 2.24) is 10.3 Å². The molecule has 0 aliphatic heterocycles. The van der Waals surface area contributed by atoms with Gasteiger partial charge in [-0.15, -0.1) is 0 Å². The first kappa shape index (κ1) is 22.8. The Morgan fingerprint density at radius 2 is 1.70 bits per heavy atom. The van der Waals surface area contributed by atoms with Crippen LogP contribution in [0.4, 0.5) is 5.69 Å². The second-order valence-corrected chi connectivity index (χ2v) is 9.50. The molecule has 0 radical (unpaired) electrons. The molecule has 0 unspecified atom stereocenters. The van der Waals surface area contributed by atoms with Gasteiger partial charge in [0, 0.05) is 11.6 Å². The molecular weight excluding hydrogens is 458 g/mol. The molecule has 33 heavy (non-hydrogen) atoms. The lowest BCUT2D eigenvalue weighted by Crippen LogP contribution is -2.29. The summed E-state index contributed by atoms with van der Waals surface area (Å²) in [4.78, 5) is 17.5. The smallest absolute Gasteiger partial charge is 0.264 e. The second kappa shape index (κ2) is 9.60. The maximum absolute atomic E-state index is 13.3. The van der Waals surface area contributed by atoms with E-state index in [-0.39, 0.29) is 27.2 Å². The van der Waals surface area contributed by atoms with Gasteiger partial charge in [0.25, 0.3) is 15.9 Å². The van der Waals surface area contributed by atoms with E-state index < -0.39 is 15.9 Å². The maximum atomic E-state index is 13.3. The van der Waals surface area contributed by atoms with E-state index in [9.17, 15) is 13.2 Å². The third-order valence-electron chi connectivity index (χ3n) is 5.29. The Balaban J connectivity index is 1.69. The zero-order valence-corrected chi connectivity index (χ0v) is 19.4. The molecular formula is C25H22ClN3O3S. The van der Waals surface area contributed by atoms with Gasteiger partial charge in [0.2, 0.25) is 0 Å². The highest BCUT2D eigenvalue weighted by atomic mass is 35.5. The van der Waals surface area contributed by atoms with Crippen LogP contribution in [0, 0.1) is 0 Å². The summed E-state index contributed by atoms with van der Waals surface area (Å²) in [6.45, 7) is 1.96. The van der Waals surface area contributed by atoms with Gasteiger partial charge in [0.15, 0.2) is 0 Å². The summed E-state index contributed by atoms with van der Waals surface area (Å²) in [7, 11) is -4.05. The molecule has 0 saturated carbocycles. The summed E-state index contributed by atoms with van der Waals surface area (Å²) in [5.74, 6) is -0.468. The number of fused-ring (bicyclic) bond motifs is 1. The lowest BCUT2D eigenvalue weighted by atomic mass is 10.0. The van der Waals surface area contributed by atoms with Gasteiger partial charge in [-0.3, -0.25) is 14.5 Å². The summed E-state index contributed by atoms with van der Waals surface area (Å²) in [5, 5.41) is 3.80. The van der Waals surface area contributed by atoms with Crippen molar-refractivity contribution in [2.24, 2.45) is 0 Å². The molecule has 0 spiro atoms. The number of carbonyl (C=O) groups is 1. The van der Waals surface area contributed by atoms with Gasteiger partial charge in [-0.05, 0) is 36.2 Å². The van der Waals surface area contributed by atoms with Crippen molar-refractivity contribution in [3.05, 3.63) is 101 Å². The van der Waals surface area contributed by atoms with E-state index in [0.29, 0.717) is 17.3 Å². The molecule has 168 valence electrons. The number of carbonyl (C=O) groups excluding carboxylic acids is 1. The number of sulfonamides is 1. The number of aromatic nitrogens is 1. The highest BCUT2D eigenvalue weighted by molar-refractivity contribution is 7.93. The minimum absolute atomic E-state index is 0.0163. The second-order valence-electron chi connectivity index (χ2n) is 7.44. The SMILES string of the molecule is CC[C@H](NC(=O)c1c(Cl)cccc1NS(=O)(=O)c1cccc2cccnc12)c1ccccc1. The Morgan fingerprint density at radius 1 is 0.970 bits per heavy atom. The van der Waals surface area contributed by atoms with Crippen molar-refractivity contribution < 1.29 is 13.2 Å². The number of halogens is 1. The van der Waals surface area contributed by atoms with Gasteiger partial charge in [0.1, 0.15) is 4.90 Å². The number of nitrogens with one attached hydrogen (secondary N) is 2. The van der Waals surface area contributed by atoms with Crippen LogP contribution in [0.15, 0.2) is 90.0 Å². The van der Waals surface area contributed by atoms with Crippen LogP contribution in [0.25, 0.3) is 10.9 Å². The molecule has 1 atom stereocenters. The van der Waals surface area contributed by atoms with Crippen LogP contribution in [-0.2, 0) is 10.0 Å². The van der Waals surface area contributed by atoms with Gasteiger partial charge < -0.3 is 5.32 Å². The van der Waals surface area contributed by atoms with Crippen LogP contribution in [-0.4, -0.2) is 19.3 Å². The van der Waals surface area contributed by atoms with E-state index in [0.717, 1.165) is 5.56 Å². The number of para-hydroxylation sites is 1. The average molecular weight is 480 g/mol. The van der Waals surface area contributed by atoms with E-state index in [2.05, 4.69) is 15.0 Å².